The van der Waals surface area contributed by atoms with E-state index >= 15 is 0 Å². The van der Waals surface area contributed by atoms with Crippen molar-refractivity contribution in [3.05, 3.63) is 5.01 Å². The van der Waals surface area contributed by atoms with Gasteiger partial charge in [0.25, 0.3) is 0 Å². The van der Waals surface area contributed by atoms with Crippen molar-refractivity contribution in [3.63, 3.8) is 0 Å². The van der Waals surface area contributed by atoms with E-state index in [-0.39, 0.29) is 0 Å². The monoisotopic (exact) mass is 217 g/mol. The van der Waals surface area contributed by atoms with Crippen LogP contribution in [0.3, 0.4) is 0 Å². The summed E-state index contributed by atoms with van der Waals surface area (Å²) in [4.78, 5) is 0. The first-order chi connectivity index (χ1) is 6.36. The van der Waals surface area contributed by atoms with Gasteiger partial charge in [0.15, 0.2) is 4.34 Å². The van der Waals surface area contributed by atoms with Gasteiger partial charge in [-0.2, -0.15) is 0 Å². The Hall–Kier alpha value is -0.130. The molecule has 0 amide bonds. The maximum atomic E-state index is 4.10. The van der Waals surface area contributed by atoms with Crippen LogP contribution in [0.1, 0.15) is 18.4 Å². The van der Waals surface area contributed by atoms with E-state index in [1.165, 1.54) is 0 Å². The highest BCUT2D eigenvalue weighted by atomic mass is 32.2. The molecule has 3 nitrogen and oxygen atoms in total. The Morgan fingerprint density at radius 2 is 2.31 bits per heavy atom. The third-order valence-electron chi connectivity index (χ3n) is 1.62. The van der Waals surface area contributed by atoms with Crippen molar-refractivity contribution in [3.8, 4) is 0 Å². The Bertz CT molecular complexity index is 237. The van der Waals surface area contributed by atoms with Crippen LogP contribution in [-0.2, 0) is 6.42 Å². The van der Waals surface area contributed by atoms with Gasteiger partial charge in [-0.25, -0.2) is 0 Å². The van der Waals surface area contributed by atoms with Crippen LogP contribution in [0.25, 0.3) is 0 Å². The average Bonchev–Trinajstić information content (AvgIpc) is 2.60. The quantitative estimate of drug-likeness (QED) is 0.582. The lowest BCUT2D eigenvalue weighted by Gasteiger charge is -1.97. The van der Waals surface area contributed by atoms with Crippen molar-refractivity contribution in [2.45, 2.75) is 24.1 Å². The highest BCUT2D eigenvalue weighted by Gasteiger charge is 2.01. The summed E-state index contributed by atoms with van der Waals surface area (Å²) in [5.74, 6) is 0. The fourth-order valence-corrected chi connectivity index (χ4v) is 2.32. The highest BCUT2D eigenvalue weighted by molar-refractivity contribution is 8.00. The first-order valence-corrected chi connectivity index (χ1v) is 6.48. The molecule has 1 aromatic rings. The molecular weight excluding hydrogens is 202 g/mol. The summed E-state index contributed by atoms with van der Waals surface area (Å²) in [7, 11) is 0. The molecule has 1 rings (SSSR count). The molecule has 5 heteroatoms. The number of aryl methyl sites for hydroxylation is 1. The van der Waals surface area contributed by atoms with Gasteiger partial charge in [0, 0.05) is 6.42 Å². The molecule has 0 aliphatic heterocycles. The van der Waals surface area contributed by atoms with Gasteiger partial charge in [-0.15, -0.1) is 10.2 Å². The lowest BCUT2D eigenvalue weighted by molar-refractivity contribution is 0.668. The van der Waals surface area contributed by atoms with Crippen molar-refractivity contribution in [1.82, 2.24) is 15.5 Å². The van der Waals surface area contributed by atoms with E-state index in [0.29, 0.717) is 0 Å². The zero-order valence-corrected chi connectivity index (χ0v) is 9.67. The molecule has 13 heavy (non-hydrogen) atoms. The first kappa shape index (κ1) is 10.9. The molecule has 0 saturated heterocycles. The number of rotatable bonds is 6. The van der Waals surface area contributed by atoms with Gasteiger partial charge >= 0.3 is 0 Å². The molecule has 0 saturated carbocycles. The Balaban J connectivity index is 2.20. The Labute approximate surface area is 87.3 Å². The lowest BCUT2D eigenvalue weighted by atomic mass is 10.3. The zero-order valence-electron chi connectivity index (χ0n) is 8.04. The molecule has 0 bridgehead atoms. The number of hydrogen-bond acceptors (Lipinski definition) is 5. The van der Waals surface area contributed by atoms with Crippen LogP contribution in [0, 0.1) is 0 Å². The molecular formula is C8H15N3S2. The topological polar surface area (TPSA) is 37.8 Å². The van der Waals surface area contributed by atoms with E-state index in [9.17, 15) is 0 Å². The van der Waals surface area contributed by atoms with E-state index in [2.05, 4.69) is 22.4 Å². The number of aromatic nitrogens is 2. The number of hydrogen-bond donors (Lipinski definition) is 1. The second-order valence-corrected chi connectivity index (χ2v) is 4.74. The summed E-state index contributed by atoms with van der Waals surface area (Å²) < 4.78 is 1.07. The molecule has 0 spiro atoms. The van der Waals surface area contributed by atoms with Crippen LogP contribution in [0.15, 0.2) is 4.34 Å². The third-order valence-corrected chi connectivity index (χ3v) is 3.58. The van der Waals surface area contributed by atoms with Crippen molar-refractivity contribution < 1.29 is 0 Å². The van der Waals surface area contributed by atoms with Crippen LogP contribution in [-0.4, -0.2) is 29.5 Å². The summed E-state index contributed by atoms with van der Waals surface area (Å²) in [6.45, 7) is 4.24. The Morgan fingerprint density at radius 3 is 2.92 bits per heavy atom. The van der Waals surface area contributed by atoms with E-state index in [0.717, 1.165) is 35.3 Å². The van der Waals surface area contributed by atoms with Crippen molar-refractivity contribution >= 4 is 23.1 Å². The van der Waals surface area contributed by atoms with Crippen LogP contribution in [0.4, 0.5) is 0 Å². The van der Waals surface area contributed by atoms with Crippen LogP contribution >= 0.6 is 23.1 Å². The lowest BCUT2D eigenvalue weighted by Crippen LogP contribution is -2.14. The molecule has 0 aliphatic rings. The van der Waals surface area contributed by atoms with Gasteiger partial charge < -0.3 is 5.32 Å². The zero-order chi connectivity index (χ0) is 9.52. The minimum absolute atomic E-state index is 1.05. The maximum absolute atomic E-state index is 4.10. The fraction of sp³-hybridized carbons (Fsp3) is 0.750. The van der Waals surface area contributed by atoms with E-state index in [1.807, 2.05) is 6.26 Å². The summed E-state index contributed by atoms with van der Waals surface area (Å²) in [5.41, 5.74) is 0. The van der Waals surface area contributed by atoms with E-state index in [1.54, 1.807) is 23.1 Å². The van der Waals surface area contributed by atoms with Gasteiger partial charge in [-0.1, -0.05) is 30.0 Å². The van der Waals surface area contributed by atoms with Crippen molar-refractivity contribution in [1.29, 1.82) is 0 Å². The predicted octanol–water partition coefficient (Wildman–Crippen LogP) is 1.80. The standard InChI is InChI=1S/C8H15N3S2/c1-3-9-6-4-5-7-10-11-8(12-2)13-7/h9H,3-6H2,1-2H3. The normalized spacial score (nSPS) is 10.6. The van der Waals surface area contributed by atoms with Gasteiger partial charge in [0.1, 0.15) is 5.01 Å². The van der Waals surface area contributed by atoms with Crippen molar-refractivity contribution in [2.24, 2.45) is 0 Å². The molecule has 1 aromatic heterocycles. The fourth-order valence-electron chi connectivity index (χ4n) is 0.963. The maximum Gasteiger partial charge on any atom is 0.174 e. The molecule has 0 unspecified atom stereocenters. The molecule has 0 aliphatic carbocycles. The molecule has 0 aromatic carbocycles. The molecule has 1 N–H and O–H groups in total. The number of nitrogens with one attached hydrogen (secondary N) is 1. The van der Waals surface area contributed by atoms with Crippen LogP contribution < -0.4 is 5.32 Å². The average molecular weight is 217 g/mol. The SMILES string of the molecule is CCNCCCc1nnc(SC)s1. The first-order valence-electron chi connectivity index (χ1n) is 4.44. The molecule has 74 valence electrons. The van der Waals surface area contributed by atoms with E-state index < -0.39 is 0 Å². The number of thioether (sulfide) groups is 1. The molecule has 0 fully saturated rings. The summed E-state index contributed by atoms with van der Waals surface area (Å²) in [6, 6.07) is 0. The van der Waals surface area contributed by atoms with Gasteiger partial charge in [-0.3, -0.25) is 0 Å². The summed E-state index contributed by atoms with van der Waals surface area (Å²) in [6.07, 6.45) is 4.23. The van der Waals surface area contributed by atoms with E-state index in [4.69, 9.17) is 0 Å². The Morgan fingerprint density at radius 1 is 1.46 bits per heavy atom. The minimum Gasteiger partial charge on any atom is -0.317 e. The van der Waals surface area contributed by atoms with Gasteiger partial charge in [0.05, 0.1) is 0 Å². The third kappa shape index (κ3) is 4.06. The van der Waals surface area contributed by atoms with Crippen molar-refractivity contribution in [2.75, 3.05) is 19.3 Å². The summed E-state index contributed by atoms with van der Waals surface area (Å²) in [5, 5.41) is 12.6. The second kappa shape index (κ2) is 6.34. The summed E-state index contributed by atoms with van der Waals surface area (Å²) >= 11 is 3.37. The van der Waals surface area contributed by atoms with Gasteiger partial charge in [-0.05, 0) is 25.8 Å². The number of nitrogens with zero attached hydrogens (tertiary/aromatic N) is 2. The molecule has 0 atom stereocenters. The largest absolute Gasteiger partial charge is 0.317 e. The second-order valence-electron chi connectivity index (χ2n) is 2.62. The minimum atomic E-state index is 1.05. The van der Waals surface area contributed by atoms with Gasteiger partial charge in [0.2, 0.25) is 0 Å². The Kier molecular flexibility index (Phi) is 5.34. The smallest absolute Gasteiger partial charge is 0.174 e. The van der Waals surface area contributed by atoms with Crippen LogP contribution in [0.2, 0.25) is 0 Å². The molecule has 0 radical (unpaired) electrons. The molecule has 1 heterocycles. The van der Waals surface area contributed by atoms with Crippen LogP contribution in [0.5, 0.6) is 0 Å². The predicted molar refractivity (Wildman–Crippen MR) is 58.6 cm³/mol. The highest BCUT2D eigenvalue weighted by Crippen LogP contribution is 2.19.